The molecule has 0 saturated heterocycles. The number of rotatable bonds is 9. The molecule has 0 aromatic rings. The third-order valence-electron chi connectivity index (χ3n) is 1.67. The lowest BCUT2D eigenvalue weighted by atomic mass is 10.2. The van der Waals surface area contributed by atoms with Gasteiger partial charge in [0.1, 0.15) is 0 Å². The van der Waals surface area contributed by atoms with Crippen LogP contribution in [0.4, 0.5) is 0 Å². The molecule has 0 aromatic heterocycles. The zero-order chi connectivity index (χ0) is 11.5. The second kappa shape index (κ2) is 9.52. The van der Waals surface area contributed by atoms with Crippen LogP contribution >= 0.6 is 11.8 Å². The number of carbonyl (C=O) groups excluding carboxylic acids is 2. The predicted octanol–water partition coefficient (Wildman–Crippen LogP) is 1.56. The van der Waals surface area contributed by atoms with Crippen molar-refractivity contribution in [2.75, 3.05) is 18.1 Å². The number of ketones is 1. The third-order valence-corrected chi connectivity index (χ3v) is 2.74. The van der Waals surface area contributed by atoms with Crippen LogP contribution in [0.15, 0.2) is 25.3 Å². The van der Waals surface area contributed by atoms with E-state index in [1.807, 2.05) is 0 Å². The zero-order valence-electron chi connectivity index (χ0n) is 8.83. The van der Waals surface area contributed by atoms with Gasteiger partial charge in [0.25, 0.3) is 0 Å². The third kappa shape index (κ3) is 9.28. The Kier molecular flexibility index (Phi) is 8.87. The first-order valence-electron chi connectivity index (χ1n) is 4.84. The van der Waals surface area contributed by atoms with Crippen molar-refractivity contribution >= 4 is 23.5 Å². The summed E-state index contributed by atoms with van der Waals surface area (Å²) in [6.07, 6.45) is 4.04. The molecule has 1 N–H and O–H groups in total. The molecule has 0 rings (SSSR count). The minimum Gasteiger partial charge on any atom is -0.352 e. The van der Waals surface area contributed by atoms with Crippen molar-refractivity contribution in [1.29, 1.82) is 0 Å². The highest BCUT2D eigenvalue weighted by atomic mass is 32.2. The maximum Gasteiger partial charge on any atom is 0.243 e. The Morgan fingerprint density at radius 1 is 1.20 bits per heavy atom. The number of amides is 1. The summed E-state index contributed by atoms with van der Waals surface area (Å²) in [5, 5.41) is 2.68. The monoisotopic (exact) mass is 227 g/mol. The van der Waals surface area contributed by atoms with Crippen molar-refractivity contribution < 1.29 is 9.59 Å². The maximum atomic E-state index is 10.8. The maximum absolute atomic E-state index is 10.8. The van der Waals surface area contributed by atoms with E-state index >= 15 is 0 Å². The van der Waals surface area contributed by atoms with Crippen LogP contribution in [-0.2, 0) is 9.59 Å². The second-order valence-corrected chi connectivity index (χ2v) is 4.11. The Balaban J connectivity index is 3.18. The predicted molar refractivity (Wildman–Crippen MR) is 65.0 cm³/mol. The van der Waals surface area contributed by atoms with Crippen LogP contribution in [0.2, 0.25) is 0 Å². The van der Waals surface area contributed by atoms with Gasteiger partial charge in [0.15, 0.2) is 5.78 Å². The number of thioether (sulfide) groups is 1. The summed E-state index contributed by atoms with van der Waals surface area (Å²) in [4.78, 5) is 21.6. The molecule has 0 aliphatic carbocycles. The largest absolute Gasteiger partial charge is 0.352 e. The van der Waals surface area contributed by atoms with Gasteiger partial charge in [0.05, 0.1) is 0 Å². The van der Waals surface area contributed by atoms with E-state index in [1.165, 1.54) is 12.2 Å². The van der Waals surface area contributed by atoms with E-state index in [0.717, 1.165) is 17.9 Å². The molecule has 0 aliphatic rings. The SMILES string of the molecule is C=CC(=O)CCCSCCNC(=O)C=C. The lowest BCUT2D eigenvalue weighted by Gasteiger charge is -2.01. The minimum atomic E-state index is -0.141. The van der Waals surface area contributed by atoms with Gasteiger partial charge in [-0.25, -0.2) is 0 Å². The van der Waals surface area contributed by atoms with E-state index in [2.05, 4.69) is 18.5 Å². The Morgan fingerprint density at radius 2 is 1.93 bits per heavy atom. The zero-order valence-corrected chi connectivity index (χ0v) is 9.65. The fraction of sp³-hybridized carbons (Fsp3) is 0.455. The van der Waals surface area contributed by atoms with Crippen LogP contribution < -0.4 is 5.32 Å². The molecular formula is C11H17NO2S. The van der Waals surface area contributed by atoms with E-state index in [9.17, 15) is 9.59 Å². The van der Waals surface area contributed by atoms with E-state index in [1.54, 1.807) is 11.8 Å². The molecule has 0 fully saturated rings. The van der Waals surface area contributed by atoms with Gasteiger partial charge in [0.2, 0.25) is 5.91 Å². The molecule has 0 heterocycles. The Labute approximate surface area is 95.0 Å². The Bertz CT molecular complexity index is 215. The van der Waals surface area contributed by atoms with Crippen LogP contribution in [0.3, 0.4) is 0 Å². The highest BCUT2D eigenvalue weighted by Crippen LogP contribution is 2.04. The van der Waals surface area contributed by atoms with Crippen molar-refractivity contribution in [3.05, 3.63) is 25.3 Å². The molecule has 0 atom stereocenters. The molecule has 0 saturated carbocycles. The molecule has 0 unspecified atom stereocenters. The molecule has 0 aromatic carbocycles. The second-order valence-electron chi connectivity index (χ2n) is 2.88. The lowest BCUT2D eigenvalue weighted by molar-refractivity contribution is -0.116. The van der Waals surface area contributed by atoms with Gasteiger partial charge in [0, 0.05) is 18.7 Å². The van der Waals surface area contributed by atoms with Crippen LogP contribution in [0.1, 0.15) is 12.8 Å². The van der Waals surface area contributed by atoms with E-state index in [0.29, 0.717) is 13.0 Å². The summed E-state index contributed by atoms with van der Waals surface area (Å²) >= 11 is 1.72. The summed E-state index contributed by atoms with van der Waals surface area (Å²) in [5.41, 5.74) is 0. The van der Waals surface area contributed by atoms with Crippen LogP contribution in [0.25, 0.3) is 0 Å². The van der Waals surface area contributed by atoms with Gasteiger partial charge in [-0.3, -0.25) is 9.59 Å². The topological polar surface area (TPSA) is 46.2 Å². The number of nitrogens with one attached hydrogen (secondary N) is 1. The first-order valence-corrected chi connectivity index (χ1v) is 5.99. The van der Waals surface area contributed by atoms with Crippen molar-refractivity contribution in [2.45, 2.75) is 12.8 Å². The van der Waals surface area contributed by atoms with Gasteiger partial charge in [-0.15, -0.1) is 0 Å². The molecular weight excluding hydrogens is 210 g/mol. The van der Waals surface area contributed by atoms with E-state index in [-0.39, 0.29) is 11.7 Å². The molecule has 0 spiro atoms. The average Bonchev–Trinajstić information content (AvgIpc) is 2.26. The molecule has 0 aliphatic heterocycles. The van der Waals surface area contributed by atoms with E-state index in [4.69, 9.17) is 0 Å². The first kappa shape index (κ1) is 14.0. The Morgan fingerprint density at radius 3 is 2.53 bits per heavy atom. The lowest BCUT2D eigenvalue weighted by Crippen LogP contribution is -2.23. The number of hydrogen-bond acceptors (Lipinski definition) is 3. The van der Waals surface area contributed by atoms with Crippen molar-refractivity contribution in [2.24, 2.45) is 0 Å². The average molecular weight is 227 g/mol. The fourth-order valence-electron chi connectivity index (χ4n) is 0.871. The molecule has 4 heteroatoms. The molecule has 84 valence electrons. The standard InChI is InChI=1S/C11H17NO2S/c1-3-10(13)6-5-8-15-9-7-12-11(14)4-2/h3-4H,1-2,5-9H2,(H,12,14). The summed E-state index contributed by atoms with van der Waals surface area (Å²) in [7, 11) is 0. The smallest absolute Gasteiger partial charge is 0.243 e. The van der Waals surface area contributed by atoms with Gasteiger partial charge in [-0.2, -0.15) is 11.8 Å². The number of carbonyl (C=O) groups is 2. The fourth-order valence-corrected chi connectivity index (χ4v) is 1.67. The number of hydrogen-bond donors (Lipinski definition) is 1. The minimum absolute atomic E-state index is 0.0931. The summed E-state index contributed by atoms with van der Waals surface area (Å²) < 4.78 is 0. The van der Waals surface area contributed by atoms with Crippen molar-refractivity contribution in [3.8, 4) is 0 Å². The Hall–Kier alpha value is -1.03. The van der Waals surface area contributed by atoms with Crippen molar-refractivity contribution in [3.63, 3.8) is 0 Å². The highest BCUT2D eigenvalue weighted by molar-refractivity contribution is 7.99. The summed E-state index contributed by atoms with van der Waals surface area (Å²) in [5.74, 6) is 1.75. The van der Waals surface area contributed by atoms with E-state index < -0.39 is 0 Å². The quantitative estimate of drug-likeness (QED) is 0.480. The van der Waals surface area contributed by atoms with Gasteiger partial charge in [-0.05, 0) is 24.3 Å². The first-order chi connectivity index (χ1) is 7.20. The van der Waals surface area contributed by atoms with Crippen LogP contribution in [0, 0.1) is 0 Å². The van der Waals surface area contributed by atoms with Gasteiger partial charge < -0.3 is 5.32 Å². The molecule has 15 heavy (non-hydrogen) atoms. The normalized spacial score (nSPS) is 9.33. The van der Waals surface area contributed by atoms with Crippen LogP contribution in [-0.4, -0.2) is 29.7 Å². The molecule has 3 nitrogen and oxygen atoms in total. The van der Waals surface area contributed by atoms with Crippen LogP contribution in [0.5, 0.6) is 0 Å². The summed E-state index contributed by atoms with van der Waals surface area (Å²) in [6.45, 7) is 7.40. The molecule has 0 bridgehead atoms. The van der Waals surface area contributed by atoms with Gasteiger partial charge in [-0.1, -0.05) is 13.2 Å². The molecule has 0 radical (unpaired) electrons. The highest BCUT2D eigenvalue weighted by Gasteiger charge is 1.96. The van der Waals surface area contributed by atoms with Gasteiger partial charge >= 0.3 is 0 Å². The molecule has 1 amide bonds. The summed E-state index contributed by atoms with van der Waals surface area (Å²) in [6, 6.07) is 0. The van der Waals surface area contributed by atoms with Crippen molar-refractivity contribution in [1.82, 2.24) is 5.32 Å². The number of allylic oxidation sites excluding steroid dienone is 1.